The van der Waals surface area contributed by atoms with Crippen LogP contribution in [0.1, 0.15) is 82.3 Å². The summed E-state index contributed by atoms with van der Waals surface area (Å²) in [5.41, 5.74) is 4.68. The van der Waals surface area contributed by atoms with Gasteiger partial charge in [0.15, 0.2) is 0 Å². The van der Waals surface area contributed by atoms with Crippen molar-refractivity contribution in [3.05, 3.63) is 65.7 Å². The van der Waals surface area contributed by atoms with Gasteiger partial charge >= 0.3 is 0 Å². The maximum Gasteiger partial charge on any atom is 0.240 e. The summed E-state index contributed by atoms with van der Waals surface area (Å²) >= 11 is 0. The van der Waals surface area contributed by atoms with Crippen LogP contribution in [-0.4, -0.2) is 12.1 Å². The summed E-state index contributed by atoms with van der Waals surface area (Å²) in [5, 5.41) is 4.06. The molecule has 0 saturated carbocycles. The lowest BCUT2D eigenvalue weighted by Crippen LogP contribution is -2.16. The van der Waals surface area contributed by atoms with Crippen LogP contribution >= 0.6 is 0 Å². The van der Waals surface area contributed by atoms with E-state index in [1.165, 1.54) is 44.9 Å². The summed E-state index contributed by atoms with van der Waals surface area (Å²) in [5.74, 6) is 0.794. The number of hydrogen-bond acceptors (Lipinski definition) is 3. The minimum absolute atomic E-state index is 0.0167. The van der Waals surface area contributed by atoms with Gasteiger partial charge in [-0.3, -0.25) is 4.79 Å². The second-order valence-electron chi connectivity index (χ2n) is 7.71. The highest BCUT2D eigenvalue weighted by Gasteiger charge is 2.00. The Balaban J connectivity index is 1.54. The summed E-state index contributed by atoms with van der Waals surface area (Å²) in [6.07, 6.45) is 13.5. The molecule has 162 valence electrons. The quantitative estimate of drug-likeness (QED) is 0.204. The van der Waals surface area contributed by atoms with Gasteiger partial charge in [-0.25, -0.2) is 5.43 Å². The van der Waals surface area contributed by atoms with Gasteiger partial charge in [-0.1, -0.05) is 88.6 Å². The lowest BCUT2D eigenvalue weighted by atomic mass is 10.1. The van der Waals surface area contributed by atoms with Crippen molar-refractivity contribution < 1.29 is 9.53 Å². The van der Waals surface area contributed by atoms with E-state index in [0.717, 1.165) is 29.7 Å². The van der Waals surface area contributed by atoms with Crippen LogP contribution in [-0.2, 0) is 11.4 Å². The van der Waals surface area contributed by atoms with Crippen molar-refractivity contribution in [2.45, 2.75) is 77.7 Å². The third kappa shape index (κ3) is 10.8. The average Bonchev–Trinajstić information content (AvgIpc) is 2.78. The second-order valence-corrected chi connectivity index (χ2v) is 7.71. The fourth-order valence-electron chi connectivity index (χ4n) is 3.22. The lowest BCUT2D eigenvalue weighted by molar-refractivity contribution is -0.121. The van der Waals surface area contributed by atoms with E-state index >= 15 is 0 Å². The van der Waals surface area contributed by atoms with Crippen LogP contribution in [0.3, 0.4) is 0 Å². The van der Waals surface area contributed by atoms with Gasteiger partial charge in [-0.05, 0) is 41.8 Å². The molecule has 0 spiro atoms. The first-order valence-corrected chi connectivity index (χ1v) is 11.4. The van der Waals surface area contributed by atoms with Crippen molar-refractivity contribution in [1.82, 2.24) is 5.43 Å². The molecular formula is C26H36N2O2. The Hall–Kier alpha value is -2.62. The van der Waals surface area contributed by atoms with Crippen LogP contribution in [0, 0.1) is 0 Å². The Bertz CT molecular complexity index is 726. The van der Waals surface area contributed by atoms with E-state index in [0.29, 0.717) is 13.0 Å². The van der Waals surface area contributed by atoms with Crippen molar-refractivity contribution in [2.24, 2.45) is 5.10 Å². The molecule has 0 fully saturated rings. The minimum Gasteiger partial charge on any atom is -0.489 e. The molecule has 0 bridgehead atoms. The number of benzene rings is 2. The number of amides is 1. The monoisotopic (exact) mass is 408 g/mol. The molecule has 2 rings (SSSR count). The number of nitrogens with zero attached hydrogens (tertiary/aromatic N) is 1. The highest BCUT2D eigenvalue weighted by molar-refractivity contribution is 5.82. The molecule has 0 aliphatic heterocycles. The van der Waals surface area contributed by atoms with E-state index < -0.39 is 0 Å². The van der Waals surface area contributed by atoms with Crippen LogP contribution in [0.15, 0.2) is 59.7 Å². The van der Waals surface area contributed by atoms with Gasteiger partial charge in [-0.2, -0.15) is 5.10 Å². The van der Waals surface area contributed by atoms with E-state index in [1.54, 1.807) is 6.21 Å². The fraction of sp³-hybridized carbons (Fsp3) is 0.462. The Kier molecular flexibility index (Phi) is 12.0. The van der Waals surface area contributed by atoms with Crippen LogP contribution in [0.2, 0.25) is 0 Å². The number of rotatable bonds is 15. The highest BCUT2D eigenvalue weighted by atomic mass is 16.5. The first-order chi connectivity index (χ1) is 14.8. The molecule has 0 aromatic heterocycles. The van der Waals surface area contributed by atoms with Gasteiger partial charge < -0.3 is 4.74 Å². The van der Waals surface area contributed by atoms with Crippen molar-refractivity contribution in [3.8, 4) is 5.75 Å². The molecule has 4 heteroatoms. The Labute approximate surface area is 181 Å². The molecule has 2 aromatic carbocycles. The predicted molar refractivity (Wildman–Crippen MR) is 125 cm³/mol. The maximum atomic E-state index is 11.9. The van der Waals surface area contributed by atoms with E-state index in [4.69, 9.17) is 4.74 Å². The number of hydrazone groups is 1. The number of carbonyl (C=O) groups excluding carboxylic acids is 1. The van der Waals surface area contributed by atoms with Crippen LogP contribution < -0.4 is 10.2 Å². The van der Waals surface area contributed by atoms with Crippen molar-refractivity contribution in [1.29, 1.82) is 0 Å². The molecule has 0 aliphatic rings. The molecule has 2 aromatic rings. The number of nitrogens with one attached hydrogen (secondary N) is 1. The molecule has 30 heavy (non-hydrogen) atoms. The Morgan fingerprint density at radius 1 is 0.867 bits per heavy atom. The minimum atomic E-state index is -0.0167. The predicted octanol–water partition coefficient (Wildman–Crippen LogP) is 6.64. The van der Waals surface area contributed by atoms with Crippen LogP contribution in [0.25, 0.3) is 0 Å². The van der Waals surface area contributed by atoms with Gasteiger partial charge in [-0.15, -0.1) is 0 Å². The summed E-state index contributed by atoms with van der Waals surface area (Å²) in [7, 11) is 0. The summed E-state index contributed by atoms with van der Waals surface area (Å²) in [4.78, 5) is 11.9. The van der Waals surface area contributed by atoms with Gasteiger partial charge in [0, 0.05) is 6.42 Å². The fourth-order valence-corrected chi connectivity index (χ4v) is 3.22. The smallest absolute Gasteiger partial charge is 0.240 e. The van der Waals surface area contributed by atoms with Crippen LogP contribution in [0.5, 0.6) is 5.75 Å². The van der Waals surface area contributed by atoms with Crippen molar-refractivity contribution in [2.75, 3.05) is 0 Å². The number of ether oxygens (including phenoxy) is 1. The van der Waals surface area contributed by atoms with Crippen molar-refractivity contribution in [3.63, 3.8) is 0 Å². The molecule has 0 radical (unpaired) electrons. The third-order valence-corrected chi connectivity index (χ3v) is 5.04. The standard InChI is InChI=1S/C26H36N2O2/c1-2-3-4-5-6-7-8-9-13-16-26(29)28-27-21-23-17-19-25(20-18-23)30-22-24-14-11-10-12-15-24/h10-12,14-15,17-21H,2-9,13,16,22H2,1H3,(H,28,29)/b27-21-. The SMILES string of the molecule is CCCCCCCCCCCC(=O)N/N=C\c1ccc(OCc2ccccc2)cc1. The first kappa shape index (κ1) is 23.7. The molecule has 0 atom stereocenters. The topological polar surface area (TPSA) is 50.7 Å². The summed E-state index contributed by atoms with van der Waals surface area (Å²) in [6, 6.07) is 17.8. The molecular weight excluding hydrogens is 372 g/mol. The van der Waals surface area contributed by atoms with E-state index in [-0.39, 0.29) is 5.91 Å². The zero-order chi connectivity index (χ0) is 21.3. The second kappa shape index (κ2) is 15.3. The molecule has 0 unspecified atom stereocenters. The third-order valence-electron chi connectivity index (χ3n) is 5.04. The highest BCUT2D eigenvalue weighted by Crippen LogP contribution is 2.13. The zero-order valence-corrected chi connectivity index (χ0v) is 18.3. The van der Waals surface area contributed by atoms with Gasteiger partial charge in [0.1, 0.15) is 12.4 Å². The summed E-state index contributed by atoms with van der Waals surface area (Å²) in [6.45, 7) is 2.79. The molecule has 1 amide bonds. The van der Waals surface area contributed by atoms with E-state index in [1.807, 2.05) is 54.6 Å². The van der Waals surface area contributed by atoms with E-state index in [2.05, 4.69) is 17.5 Å². The maximum absolute atomic E-state index is 11.9. The first-order valence-electron chi connectivity index (χ1n) is 11.4. The average molecular weight is 409 g/mol. The summed E-state index contributed by atoms with van der Waals surface area (Å²) < 4.78 is 5.77. The molecule has 4 nitrogen and oxygen atoms in total. The van der Waals surface area contributed by atoms with E-state index in [9.17, 15) is 4.79 Å². The lowest BCUT2D eigenvalue weighted by Gasteiger charge is -2.06. The normalized spacial score (nSPS) is 11.0. The number of hydrogen-bond donors (Lipinski definition) is 1. The number of carbonyl (C=O) groups is 1. The Morgan fingerprint density at radius 3 is 2.17 bits per heavy atom. The van der Waals surface area contributed by atoms with Gasteiger partial charge in [0.25, 0.3) is 0 Å². The Morgan fingerprint density at radius 2 is 1.50 bits per heavy atom. The molecule has 0 aliphatic carbocycles. The largest absolute Gasteiger partial charge is 0.489 e. The molecule has 0 heterocycles. The van der Waals surface area contributed by atoms with Gasteiger partial charge in [0.2, 0.25) is 5.91 Å². The van der Waals surface area contributed by atoms with Crippen molar-refractivity contribution >= 4 is 12.1 Å². The van der Waals surface area contributed by atoms with Crippen LogP contribution in [0.4, 0.5) is 0 Å². The molecule has 0 saturated heterocycles. The number of unbranched alkanes of at least 4 members (excludes halogenated alkanes) is 8. The zero-order valence-electron chi connectivity index (χ0n) is 18.3. The van der Waals surface area contributed by atoms with Gasteiger partial charge in [0.05, 0.1) is 6.21 Å². The molecule has 1 N–H and O–H groups in total.